The van der Waals surface area contributed by atoms with Gasteiger partial charge in [0.2, 0.25) is 5.88 Å². The van der Waals surface area contributed by atoms with Crippen molar-refractivity contribution in [1.29, 1.82) is 5.26 Å². The van der Waals surface area contributed by atoms with Gasteiger partial charge in [-0.1, -0.05) is 12.8 Å². The summed E-state index contributed by atoms with van der Waals surface area (Å²) in [6, 6.07) is 5.45. The van der Waals surface area contributed by atoms with Crippen molar-refractivity contribution in [2.45, 2.75) is 25.7 Å². The summed E-state index contributed by atoms with van der Waals surface area (Å²) in [5.41, 5.74) is 0.603. The van der Waals surface area contributed by atoms with Gasteiger partial charge in [-0.2, -0.15) is 5.26 Å². The average molecular weight is 202 g/mol. The maximum atomic E-state index is 8.71. The zero-order valence-corrected chi connectivity index (χ0v) is 8.65. The molecule has 0 spiro atoms. The number of ether oxygens (including phenoxy) is 1. The first-order chi connectivity index (χ1) is 7.38. The number of hydrogen-bond donors (Lipinski definition) is 0. The molecule has 0 aliphatic heterocycles. The van der Waals surface area contributed by atoms with Crippen molar-refractivity contribution in [2.24, 2.45) is 5.92 Å². The van der Waals surface area contributed by atoms with Crippen LogP contribution in [0.3, 0.4) is 0 Å². The second-order valence-electron chi connectivity index (χ2n) is 3.96. The summed E-state index contributed by atoms with van der Waals surface area (Å²) < 4.78 is 5.57. The van der Waals surface area contributed by atoms with E-state index in [2.05, 4.69) is 11.1 Å². The fourth-order valence-corrected chi connectivity index (χ4v) is 1.94. The van der Waals surface area contributed by atoms with E-state index >= 15 is 0 Å². The van der Waals surface area contributed by atoms with Crippen LogP contribution in [0.15, 0.2) is 18.3 Å². The lowest BCUT2D eigenvalue weighted by Crippen LogP contribution is -2.08. The molecule has 1 saturated carbocycles. The Morgan fingerprint density at radius 2 is 2.27 bits per heavy atom. The van der Waals surface area contributed by atoms with Gasteiger partial charge in [-0.25, -0.2) is 4.98 Å². The highest BCUT2D eigenvalue weighted by atomic mass is 16.5. The minimum absolute atomic E-state index is 0.570. The zero-order valence-electron chi connectivity index (χ0n) is 8.65. The zero-order chi connectivity index (χ0) is 10.5. The molecule has 1 aliphatic rings. The normalized spacial score (nSPS) is 16.2. The summed E-state index contributed by atoms with van der Waals surface area (Å²) in [5.74, 6) is 1.25. The van der Waals surface area contributed by atoms with Gasteiger partial charge in [-0.05, 0) is 24.8 Å². The van der Waals surface area contributed by atoms with Gasteiger partial charge in [-0.15, -0.1) is 0 Å². The Bertz CT molecular complexity index is 364. The van der Waals surface area contributed by atoms with Crippen molar-refractivity contribution in [3.05, 3.63) is 23.9 Å². The molecule has 1 aliphatic carbocycles. The minimum Gasteiger partial charge on any atom is -0.477 e. The monoisotopic (exact) mass is 202 g/mol. The molecule has 0 atom stereocenters. The number of hydrogen-bond acceptors (Lipinski definition) is 3. The number of rotatable bonds is 3. The Kier molecular flexibility index (Phi) is 3.18. The van der Waals surface area contributed by atoms with Crippen molar-refractivity contribution >= 4 is 0 Å². The van der Waals surface area contributed by atoms with E-state index in [-0.39, 0.29) is 0 Å². The summed E-state index contributed by atoms with van der Waals surface area (Å²) in [6.07, 6.45) is 6.78. The molecule has 1 aromatic heterocycles. The molecule has 1 aromatic rings. The molecule has 2 rings (SSSR count). The van der Waals surface area contributed by atoms with Crippen molar-refractivity contribution in [1.82, 2.24) is 4.98 Å². The molecular weight excluding hydrogens is 188 g/mol. The van der Waals surface area contributed by atoms with Crippen LogP contribution in [0.1, 0.15) is 31.2 Å². The smallest absolute Gasteiger partial charge is 0.214 e. The molecule has 0 unspecified atom stereocenters. The summed E-state index contributed by atoms with van der Waals surface area (Å²) in [4.78, 5) is 4.07. The Morgan fingerprint density at radius 1 is 1.47 bits per heavy atom. The van der Waals surface area contributed by atoms with E-state index in [4.69, 9.17) is 10.00 Å². The van der Waals surface area contributed by atoms with Crippen LogP contribution in [-0.4, -0.2) is 11.6 Å². The molecule has 0 saturated heterocycles. The van der Waals surface area contributed by atoms with E-state index in [9.17, 15) is 0 Å². The molecule has 0 N–H and O–H groups in total. The van der Waals surface area contributed by atoms with Gasteiger partial charge in [0.15, 0.2) is 0 Å². The van der Waals surface area contributed by atoms with Gasteiger partial charge in [0.1, 0.15) is 0 Å². The highest BCUT2D eigenvalue weighted by molar-refractivity contribution is 5.31. The largest absolute Gasteiger partial charge is 0.477 e. The van der Waals surface area contributed by atoms with Crippen LogP contribution in [0.5, 0.6) is 5.88 Å². The van der Waals surface area contributed by atoms with E-state index in [1.807, 2.05) is 0 Å². The van der Waals surface area contributed by atoms with E-state index in [1.54, 1.807) is 18.3 Å². The molecule has 0 radical (unpaired) electrons. The number of pyridine rings is 1. The highest BCUT2D eigenvalue weighted by Gasteiger charge is 2.15. The third-order valence-electron chi connectivity index (χ3n) is 2.81. The van der Waals surface area contributed by atoms with Crippen molar-refractivity contribution in [2.75, 3.05) is 6.61 Å². The van der Waals surface area contributed by atoms with Crippen molar-refractivity contribution in [3.8, 4) is 11.9 Å². The molecular formula is C12H14N2O. The Morgan fingerprint density at radius 3 is 3.00 bits per heavy atom. The van der Waals surface area contributed by atoms with Gasteiger partial charge in [0.05, 0.1) is 18.2 Å². The molecule has 1 heterocycles. The number of aromatic nitrogens is 1. The molecule has 0 aromatic carbocycles. The van der Waals surface area contributed by atoms with Crippen LogP contribution in [-0.2, 0) is 0 Å². The van der Waals surface area contributed by atoms with Crippen LogP contribution in [0.2, 0.25) is 0 Å². The predicted molar refractivity (Wildman–Crippen MR) is 56.4 cm³/mol. The maximum absolute atomic E-state index is 8.71. The van der Waals surface area contributed by atoms with Gasteiger partial charge >= 0.3 is 0 Å². The van der Waals surface area contributed by atoms with Gasteiger partial charge in [0.25, 0.3) is 0 Å². The first kappa shape index (κ1) is 9.97. The quantitative estimate of drug-likeness (QED) is 0.756. The standard InChI is InChI=1S/C12H14N2O/c13-8-11-5-6-14-12(7-11)15-9-10-3-1-2-4-10/h5-7,10H,1-4,9H2. The number of nitrogens with zero attached hydrogens (tertiary/aromatic N) is 2. The summed E-state index contributed by atoms with van der Waals surface area (Å²) >= 11 is 0. The van der Waals surface area contributed by atoms with Crippen molar-refractivity contribution < 1.29 is 4.74 Å². The maximum Gasteiger partial charge on any atom is 0.214 e. The highest BCUT2D eigenvalue weighted by Crippen LogP contribution is 2.25. The van der Waals surface area contributed by atoms with Gasteiger partial charge < -0.3 is 4.74 Å². The fourth-order valence-electron chi connectivity index (χ4n) is 1.94. The van der Waals surface area contributed by atoms with Crippen molar-refractivity contribution in [3.63, 3.8) is 0 Å². The van der Waals surface area contributed by atoms with Gasteiger partial charge in [0, 0.05) is 12.3 Å². The summed E-state index contributed by atoms with van der Waals surface area (Å²) in [5, 5.41) is 8.71. The lowest BCUT2D eigenvalue weighted by atomic mass is 10.1. The molecule has 3 nitrogen and oxygen atoms in total. The van der Waals surface area contributed by atoms with E-state index in [0.717, 1.165) is 6.61 Å². The van der Waals surface area contributed by atoms with Gasteiger partial charge in [-0.3, -0.25) is 0 Å². The predicted octanol–water partition coefficient (Wildman–Crippen LogP) is 2.52. The fraction of sp³-hybridized carbons (Fsp3) is 0.500. The van der Waals surface area contributed by atoms with Crippen LogP contribution in [0.25, 0.3) is 0 Å². The molecule has 0 bridgehead atoms. The van der Waals surface area contributed by atoms with E-state index in [1.165, 1.54) is 25.7 Å². The molecule has 0 amide bonds. The summed E-state index contributed by atoms with van der Waals surface area (Å²) in [6.45, 7) is 0.738. The molecule has 78 valence electrons. The third kappa shape index (κ3) is 2.69. The van der Waals surface area contributed by atoms with Crippen LogP contribution >= 0.6 is 0 Å². The molecule has 3 heteroatoms. The lowest BCUT2D eigenvalue weighted by molar-refractivity contribution is 0.243. The lowest BCUT2D eigenvalue weighted by Gasteiger charge is -2.10. The first-order valence-electron chi connectivity index (χ1n) is 5.37. The molecule has 1 fully saturated rings. The Labute approximate surface area is 89.7 Å². The average Bonchev–Trinajstić information content (AvgIpc) is 2.79. The third-order valence-corrected chi connectivity index (χ3v) is 2.81. The van der Waals surface area contributed by atoms with Crippen LogP contribution in [0, 0.1) is 17.2 Å². The second-order valence-corrected chi connectivity index (χ2v) is 3.96. The minimum atomic E-state index is 0.570. The van der Waals surface area contributed by atoms with Crippen LogP contribution < -0.4 is 4.74 Å². The Hall–Kier alpha value is -1.56. The van der Waals surface area contributed by atoms with E-state index < -0.39 is 0 Å². The molecule has 15 heavy (non-hydrogen) atoms. The van der Waals surface area contributed by atoms with E-state index in [0.29, 0.717) is 17.4 Å². The SMILES string of the molecule is N#Cc1ccnc(OCC2CCCC2)c1. The summed E-state index contributed by atoms with van der Waals surface area (Å²) in [7, 11) is 0. The first-order valence-corrected chi connectivity index (χ1v) is 5.37. The second kappa shape index (κ2) is 4.79. The number of nitriles is 1. The van der Waals surface area contributed by atoms with Crippen LogP contribution in [0.4, 0.5) is 0 Å². The Balaban J connectivity index is 1.90. The topological polar surface area (TPSA) is 45.9 Å².